The smallest absolute Gasteiger partial charge is 0.241 e. The molecule has 0 aliphatic carbocycles. The average molecular weight is 232 g/mol. The predicted molar refractivity (Wildman–Crippen MR) is 68.5 cm³/mol. The number of carbonyl (C=O) groups excluding carboxylic acids is 1. The Bertz CT molecular complexity index is 416. The molecule has 1 aliphatic rings. The van der Waals surface area contributed by atoms with Crippen molar-refractivity contribution in [3.8, 4) is 0 Å². The maximum absolute atomic E-state index is 12.1. The van der Waals surface area contributed by atoms with Crippen molar-refractivity contribution in [2.24, 2.45) is 0 Å². The van der Waals surface area contributed by atoms with Gasteiger partial charge in [-0.25, -0.2) is 0 Å². The molecule has 1 amide bonds. The summed E-state index contributed by atoms with van der Waals surface area (Å²) in [4.78, 5) is 13.9. The normalized spacial score (nSPS) is 24.4. The lowest BCUT2D eigenvalue weighted by atomic mass is 10.1. The third kappa shape index (κ3) is 2.20. The fraction of sp³-hybridized carbons (Fsp3) is 0.500. The van der Waals surface area contributed by atoms with E-state index in [2.05, 4.69) is 31.3 Å². The molecule has 0 spiro atoms. The Morgan fingerprint density at radius 1 is 1.35 bits per heavy atom. The van der Waals surface area contributed by atoms with Crippen LogP contribution in [-0.2, 0) is 4.79 Å². The molecule has 92 valence electrons. The van der Waals surface area contributed by atoms with E-state index in [0.29, 0.717) is 0 Å². The Labute approximate surface area is 103 Å². The van der Waals surface area contributed by atoms with Crippen LogP contribution in [-0.4, -0.2) is 23.9 Å². The van der Waals surface area contributed by atoms with Crippen LogP contribution in [0.5, 0.6) is 0 Å². The van der Waals surface area contributed by atoms with Crippen molar-refractivity contribution in [1.29, 1.82) is 0 Å². The highest BCUT2D eigenvalue weighted by molar-refractivity contribution is 5.84. The van der Waals surface area contributed by atoms with Crippen LogP contribution in [0.25, 0.3) is 0 Å². The molecule has 1 heterocycles. The summed E-state index contributed by atoms with van der Waals surface area (Å²) in [5.41, 5.74) is 2.42. The minimum atomic E-state index is -0.0189. The van der Waals surface area contributed by atoms with Crippen molar-refractivity contribution >= 4 is 5.91 Å². The highest BCUT2D eigenvalue weighted by Gasteiger charge is 2.36. The third-order valence-corrected chi connectivity index (χ3v) is 3.45. The number of benzene rings is 1. The maximum atomic E-state index is 12.1. The van der Waals surface area contributed by atoms with Gasteiger partial charge in [-0.05, 0) is 24.5 Å². The van der Waals surface area contributed by atoms with Crippen molar-refractivity contribution in [2.45, 2.75) is 38.9 Å². The van der Waals surface area contributed by atoms with Gasteiger partial charge in [0, 0.05) is 7.05 Å². The number of likely N-dealkylation sites (N-methyl/N-ethyl adjacent to an activating group) is 1. The van der Waals surface area contributed by atoms with Crippen molar-refractivity contribution in [3.05, 3.63) is 35.4 Å². The number of rotatable bonds is 3. The van der Waals surface area contributed by atoms with E-state index in [9.17, 15) is 4.79 Å². The van der Waals surface area contributed by atoms with Gasteiger partial charge in [0.15, 0.2) is 0 Å². The van der Waals surface area contributed by atoms with Gasteiger partial charge < -0.3 is 4.90 Å². The second kappa shape index (κ2) is 4.88. The van der Waals surface area contributed by atoms with Crippen molar-refractivity contribution in [2.75, 3.05) is 7.05 Å². The van der Waals surface area contributed by atoms with Gasteiger partial charge in [-0.1, -0.05) is 37.6 Å². The van der Waals surface area contributed by atoms with E-state index in [0.717, 1.165) is 12.8 Å². The fourth-order valence-electron chi connectivity index (χ4n) is 2.43. The summed E-state index contributed by atoms with van der Waals surface area (Å²) in [6.07, 6.45) is 1.96. The van der Waals surface area contributed by atoms with Crippen LogP contribution in [0.1, 0.15) is 37.1 Å². The second-order valence-corrected chi connectivity index (χ2v) is 4.72. The molecule has 2 atom stereocenters. The summed E-state index contributed by atoms with van der Waals surface area (Å²) in [6, 6.07) is 8.21. The first kappa shape index (κ1) is 12.1. The van der Waals surface area contributed by atoms with E-state index in [1.54, 1.807) is 0 Å². The second-order valence-electron chi connectivity index (χ2n) is 4.72. The molecule has 17 heavy (non-hydrogen) atoms. The highest BCUT2D eigenvalue weighted by atomic mass is 16.2. The average Bonchev–Trinajstić information content (AvgIpc) is 2.59. The number of aryl methyl sites for hydroxylation is 1. The molecule has 0 aromatic heterocycles. The Hall–Kier alpha value is -1.35. The number of nitrogens with one attached hydrogen (secondary N) is 1. The Morgan fingerprint density at radius 2 is 2.06 bits per heavy atom. The van der Waals surface area contributed by atoms with Gasteiger partial charge >= 0.3 is 0 Å². The molecule has 1 fully saturated rings. The van der Waals surface area contributed by atoms with Crippen LogP contribution in [0.2, 0.25) is 0 Å². The van der Waals surface area contributed by atoms with E-state index in [1.807, 2.05) is 24.1 Å². The number of hydrogen-bond acceptors (Lipinski definition) is 2. The Morgan fingerprint density at radius 3 is 2.71 bits per heavy atom. The van der Waals surface area contributed by atoms with E-state index in [4.69, 9.17) is 0 Å². The first-order valence-electron chi connectivity index (χ1n) is 6.23. The van der Waals surface area contributed by atoms with Crippen LogP contribution < -0.4 is 5.32 Å². The van der Waals surface area contributed by atoms with Gasteiger partial charge in [0.25, 0.3) is 0 Å². The lowest BCUT2D eigenvalue weighted by Crippen LogP contribution is -2.28. The molecule has 2 rings (SSSR count). The molecule has 1 N–H and O–H groups in total. The lowest BCUT2D eigenvalue weighted by Gasteiger charge is -2.21. The van der Waals surface area contributed by atoms with E-state index >= 15 is 0 Å². The van der Waals surface area contributed by atoms with Gasteiger partial charge in [0.1, 0.15) is 6.17 Å². The monoisotopic (exact) mass is 232 g/mol. The van der Waals surface area contributed by atoms with Crippen molar-refractivity contribution < 1.29 is 4.79 Å². The van der Waals surface area contributed by atoms with Crippen LogP contribution in [0.4, 0.5) is 0 Å². The third-order valence-electron chi connectivity index (χ3n) is 3.45. The molecule has 1 aromatic rings. The Balaban J connectivity index is 2.24. The standard InChI is InChI=1S/C14H20N2O/c1-4-7-12-14(17)16(3)13(15-12)11-9-6-5-8-10(11)2/h5-6,8-9,12-13,15H,4,7H2,1-3H3. The first-order chi connectivity index (χ1) is 8.15. The van der Waals surface area contributed by atoms with Crippen LogP contribution in [0, 0.1) is 6.92 Å². The molecule has 0 radical (unpaired) electrons. The zero-order chi connectivity index (χ0) is 12.4. The van der Waals surface area contributed by atoms with Gasteiger partial charge in [0.05, 0.1) is 6.04 Å². The quantitative estimate of drug-likeness (QED) is 0.866. The lowest BCUT2D eigenvalue weighted by molar-refractivity contribution is -0.128. The summed E-state index contributed by atoms with van der Waals surface area (Å²) >= 11 is 0. The number of carbonyl (C=O) groups is 1. The molecular weight excluding hydrogens is 212 g/mol. The molecular formula is C14H20N2O. The van der Waals surface area contributed by atoms with E-state index < -0.39 is 0 Å². The van der Waals surface area contributed by atoms with Gasteiger partial charge in [-0.2, -0.15) is 0 Å². The topological polar surface area (TPSA) is 32.3 Å². The van der Waals surface area contributed by atoms with E-state index in [1.165, 1.54) is 11.1 Å². The summed E-state index contributed by atoms with van der Waals surface area (Å²) < 4.78 is 0. The van der Waals surface area contributed by atoms with Crippen molar-refractivity contribution in [3.63, 3.8) is 0 Å². The van der Waals surface area contributed by atoms with Crippen LogP contribution in [0.3, 0.4) is 0 Å². The maximum Gasteiger partial charge on any atom is 0.241 e. The number of nitrogens with zero attached hydrogens (tertiary/aromatic N) is 1. The first-order valence-corrected chi connectivity index (χ1v) is 6.23. The SMILES string of the molecule is CCCC1NC(c2ccccc2C)N(C)C1=O. The van der Waals surface area contributed by atoms with Gasteiger partial charge in [-0.15, -0.1) is 0 Å². The zero-order valence-corrected chi connectivity index (χ0v) is 10.7. The van der Waals surface area contributed by atoms with Gasteiger partial charge in [-0.3, -0.25) is 10.1 Å². The minimum Gasteiger partial charge on any atom is -0.325 e. The molecule has 1 aromatic carbocycles. The minimum absolute atomic E-state index is 0.0189. The summed E-state index contributed by atoms with van der Waals surface area (Å²) in [7, 11) is 1.88. The molecule has 0 bridgehead atoms. The number of amides is 1. The van der Waals surface area contributed by atoms with Crippen molar-refractivity contribution in [1.82, 2.24) is 10.2 Å². The molecule has 1 aliphatic heterocycles. The number of hydrogen-bond donors (Lipinski definition) is 1. The highest BCUT2D eigenvalue weighted by Crippen LogP contribution is 2.27. The van der Waals surface area contributed by atoms with Crippen LogP contribution in [0.15, 0.2) is 24.3 Å². The largest absolute Gasteiger partial charge is 0.325 e. The molecule has 2 unspecified atom stereocenters. The summed E-state index contributed by atoms with van der Waals surface area (Å²) in [5.74, 6) is 0.208. The Kier molecular flexibility index (Phi) is 3.48. The fourth-order valence-corrected chi connectivity index (χ4v) is 2.43. The molecule has 0 saturated carbocycles. The predicted octanol–water partition coefficient (Wildman–Crippen LogP) is 2.22. The molecule has 1 saturated heterocycles. The van der Waals surface area contributed by atoms with Crippen LogP contribution >= 0.6 is 0 Å². The van der Waals surface area contributed by atoms with E-state index in [-0.39, 0.29) is 18.1 Å². The molecule has 3 heteroatoms. The summed E-state index contributed by atoms with van der Waals surface area (Å²) in [6.45, 7) is 4.19. The molecule has 3 nitrogen and oxygen atoms in total. The summed E-state index contributed by atoms with van der Waals surface area (Å²) in [5, 5.41) is 3.42. The van der Waals surface area contributed by atoms with Gasteiger partial charge in [0.2, 0.25) is 5.91 Å². The zero-order valence-electron chi connectivity index (χ0n) is 10.7.